The minimum atomic E-state index is -0.351. The molecular formula is C17H21N7O. The number of carbonyl (C=O) groups is 1. The number of urea groups is 1. The third-order valence-corrected chi connectivity index (χ3v) is 3.81. The Labute approximate surface area is 145 Å². The maximum absolute atomic E-state index is 12.5. The first-order valence-corrected chi connectivity index (χ1v) is 8.06. The molecule has 0 aromatic carbocycles. The number of pyridine rings is 1. The number of nitrogens with one attached hydrogen (secondary N) is 2. The summed E-state index contributed by atoms with van der Waals surface area (Å²) in [5.74, 6) is 0.550. The second kappa shape index (κ2) is 6.76. The van der Waals surface area contributed by atoms with Crippen LogP contribution in [0.15, 0.2) is 36.8 Å². The molecule has 0 aliphatic carbocycles. The molecule has 3 rings (SSSR count). The molecule has 0 saturated heterocycles. The highest BCUT2D eigenvalue weighted by Gasteiger charge is 2.16. The van der Waals surface area contributed by atoms with E-state index in [1.54, 1.807) is 41.5 Å². The zero-order chi connectivity index (χ0) is 18.0. The van der Waals surface area contributed by atoms with Crippen molar-refractivity contribution in [3.05, 3.63) is 48.2 Å². The molecule has 0 bridgehead atoms. The van der Waals surface area contributed by atoms with Gasteiger partial charge in [-0.25, -0.2) is 14.5 Å². The molecule has 0 fully saturated rings. The molecule has 8 heteroatoms. The monoisotopic (exact) mass is 339 g/mol. The molecule has 8 nitrogen and oxygen atoms in total. The number of rotatable bonds is 4. The quantitative estimate of drug-likeness (QED) is 0.763. The van der Waals surface area contributed by atoms with E-state index in [0.29, 0.717) is 11.5 Å². The third-order valence-electron chi connectivity index (χ3n) is 3.81. The topological polar surface area (TPSA) is 89.7 Å². The molecule has 0 aliphatic heterocycles. The molecule has 3 aromatic heterocycles. The normalized spacial score (nSPS) is 10.9. The van der Waals surface area contributed by atoms with Gasteiger partial charge in [-0.2, -0.15) is 10.2 Å². The summed E-state index contributed by atoms with van der Waals surface area (Å²) in [4.78, 5) is 16.8. The standard InChI is InChI=1S/C17H21N7O/c1-11(2)24-13(4)15(12(3)22-24)21-17(25)20-14-7-5-8-18-16(14)23-10-6-9-19-23/h5-11H,1-4H3,(H2,20,21,25). The summed E-state index contributed by atoms with van der Waals surface area (Å²) in [5.41, 5.74) is 2.98. The number of hydrogen-bond donors (Lipinski definition) is 2. The summed E-state index contributed by atoms with van der Waals surface area (Å²) < 4.78 is 3.49. The highest BCUT2D eigenvalue weighted by Crippen LogP contribution is 2.23. The van der Waals surface area contributed by atoms with Crippen LogP contribution in [0.4, 0.5) is 16.2 Å². The molecule has 130 valence electrons. The van der Waals surface area contributed by atoms with Crippen molar-refractivity contribution in [1.29, 1.82) is 0 Å². The number of carbonyl (C=O) groups excluding carboxylic acids is 1. The zero-order valence-electron chi connectivity index (χ0n) is 14.7. The number of aryl methyl sites for hydroxylation is 1. The third kappa shape index (κ3) is 3.37. The minimum Gasteiger partial charge on any atom is -0.304 e. The van der Waals surface area contributed by atoms with Gasteiger partial charge in [-0.1, -0.05) is 0 Å². The Balaban J connectivity index is 1.81. The predicted octanol–water partition coefficient (Wildman–Crippen LogP) is 3.31. The number of hydrogen-bond acceptors (Lipinski definition) is 4. The molecule has 0 atom stereocenters. The van der Waals surface area contributed by atoms with Gasteiger partial charge in [-0.15, -0.1) is 0 Å². The van der Waals surface area contributed by atoms with Gasteiger partial charge in [0.05, 0.1) is 22.8 Å². The number of aromatic nitrogens is 5. The molecule has 0 unspecified atom stereocenters. The van der Waals surface area contributed by atoms with Crippen LogP contribution in [0.25, 0.3) is 5.82 Å². The van der Waals surface area contributed by atoms with Gasteiger partial charge in [0.1, 0.15) is 0 Å². The van der Waals surface area contributed by atoms with Crippen LogP contribution in [0, 0.1) is 13.8 Å². The Morgan fingerprint density at radius 2 is 1.96 bits per heavy atom. The van der Waals surface area contributed by atoms with Gasteiger partial charge in [0.2, 0.25) is 0 Å². The first-order chi connectivity index (χ1) is 12.0. The average molecular weight is 339 g/mol. The minimum absolute atomic E-state index is 0.224. The molecule has 0 spiro atoms. The van der Waals surface area contributed by atoms with Crippen LogP contribution in [0.1, 0.15) is 31.3 Å². The lowest BCUT2D eigenvalue weighted by Crippen LogP contribution is -2.21. The summed E-state index contributed by atoms with van der Waals surface area (Å²) in [6, 6.07) is 5.21. The van der Waals surface area contributed by atoms with Gasteiger partial charge in [0, 0.05) is 24.6 Å². The smallest absolute Gasteiger partial charge is 0.304 e. The van der Waals surface area contributed by atoms with Crippen molar-refractivity contribution in [2.75, 3.05) is 10.6 Å². The van der Waals surface area contributed by atoms with Gasteiger partial charge in [-0.05, 0) is 45.9 Å². The summed E-state index contributed by atoms with van der Waals surface area (Å²) in [7, 11) is 0. The molecule has 3 heterocycles. The van der Waals surface area contributed by atoms with Crippen molar-refractivity contribution in [2.24, 2.45) is 0 Å². The van der Waals surface area contributed by atoms with E-state index in [-0.39, 0.29) is 12.1 Å². The molecule has 2 N–H and O–H groups in total. The maximum Gasteiger partial charge on any atom is 0.323 e. The van der Waals surface area contributed by atoms with Gasteiger partial charge in [0.15, 0.2) is 5.82 Å². The van der Waals surface area contributed by atoms with Crippen LogP contribution in [0.2, 0.25) is 0 Å². The second-order valence-corrected chi connectivity index (χ2v) is 5.99. The lowest BCUT2D eigenvalue weighted by atomic mass is 10.3. The average Bonchev–Trinajstić information content (AvgIpc) is 3.19. The van der Waals surface area contributed by atoms with Crippen molar-refractivity contribution < 1.29 is 4.79 Å². The van der Waals surface area contributed by atoms with E-state index in [4.69, 9.17) is 0 Å². The summed E-state index contributed by atoms with van der Waals surface area (Å²) >= 11 is 0. The Bertz CT molecular complexity index is 881. The van der Waals surface area contributed by atoms with Crippen molar-refractivity contribution in [2.45, 2.75) is 33.7 Å². The van der Waals surface area contributed by atoms with Crippen LogP contribution in [-0.2, 0) is 0 Å². The second-order valence-electron chi connectivity index (χ2n) is 5.99. The van der Waals surface area contributed by atoms with Crippen molar-refractivity contribution >= 4 is 17.4 Å². The van der Waals surface area contributed by atoms with E-state index in [2.05, 4.69) is 39.7 Å². The van der Waals surface area contributed by atoms with Crippen LogP contribution >= 0.6 is 0 Å². The number of amides is 2. The van der Waals surface area contributed by atoms with E-state index in [9.17, 15) is 4.79 Å². The van der Waals surface area contributed by atoms with Crippen LogP contribution in [0.5, 0.6) is 0 Å². The molecule has 0 aliphatic rings. The lowest BCUT2D eigenvalue weighted by Gasteiger charge is -2.12. The van der Waals surface area contributed by atoms with E-state index in [0.717, 1.165) is 17.1 Å². The number of anilines is 2. The fraction of sp³-hybridized carbons (Fsp3) is 0.294. The Kier molecular flexibility index (Phi) is 4.51. The first kappa shape index (κ1) is 16.7. The fourth-order valence-corrected chi connectivity index (χ4v) is 2.68. The maximum atomic E-state index is 12.5. The fourth-order valence-electron chi connectivity index (χ4n) is 2.68. The predicted molar refractivity (Wildman–Crippen MR) is 96.1 cm³/mol. The molecule has 0 radical (unpaired) electrons. The van der Waals surface area contributed by atoms with Crippen molar-refractivity contribution in [1.82, 2.24) is 24.5 Å². The van der Waals surface area contributed by atoms with Crippen LogP contribution < -0.4 is 10.6 Å². The van der Waals surface area contributed by atoms with Gasteiger partial charge in [0.25, 0.3) is 0 Å². The number of nitrogens with zero attached hydrogens (tertiary/aromatic N) is 5. The molecule has 2 amide bonds. The Morgan fingerprint density at radius 1 is 1.16 bits per heavy atom. The van der Waals surface area contributed by atoms with E-state index in [1.165, 1.54) is 0 Å². The Hall–Kier alpha value is -3.16. The molecule has 0 saturated carbocycles. The summed E-state index contributed by atoms with van der Waals surface area (Å²) in [6.45, 7) is 7.92. The van der Waals surface area contributed by atoms with Gasteiger partial charge in [-0.3, -0.25) is 4.68 Å². The van der Waals surface area contributed by atoms with Gasteiger partial charge >= 0.3 is 6.03 Å². The highest BCUT2D eigenvalue weighted by atomic mass is 16.2. The van der Waals surface area contributed by atoms with E-state index < -0.39 is 0 Å². The SMILES string of the molecule is Cc1nn(C(C)C)c(C)c1NC(=O)Nc1cccnc1-n1cccn1. The summed E-state index contributed by atoms with van der Waals surface area (Å²) in [5, 5.41) is 14.3. The highest BCUT2D eigenvalue weighted by molar-refractivity contribution is 6.01. The van der Waals surface area contributed by atoms with E-state index in [1.807, 2.05) is 18.5 Å². The van der Waals surface area contributed by atoms with Crippen molar-refractivity contribution in [3.63, 3.8) is 0 Å². The zero-order valence-corrected chi connectivity index (χ0v) is 14.7. The van der Waals surface area contributed by atoms with Crippen molar-refractivity contribution in [3.8, 4) is 5.82 Å². The lowest BCUT2D eigenvalue weighted by molar-refractivity contribution is 0.262. The Morgan fingerprint density at radius 3 is 2.60 bits per heavy atom. The largest absolute Gasteiger partial charge is 0.323 e. The van der Waals surface area contributed by atoms with Crippen LogP contribution in [0.3, 0.4) is 0 Å². The van der Waals surface area contributed by atoms with Gasteiger partial charge < -0.3 is 10.6 Å². The molecule has 3 aromatic rings. The molecule has 25 heavy (non-hydrogen) atoms. The molecular weight excluding hydrogens is 318 g/mol. The van der Waals surface area contributed by atoms with Crippen LogP contribution in [-0.4, -0.2) is 30.6 Å². The first-order valence-electron chi connectivity index (χ1n) is 8.06. The summed E-state index contributed by atoms with van der Waals surface area (Å²) in [6.07, 6.45) is 5.08. The van der Waals surface area contributed by atoms with E-state index >= 15 is 0 Å².